The van der Waals surface area contributed by atoms with Gasteiger partial charge in [0.15, 0.2) is 16.6 Å². The smallest absolute Gasteiger partial charge is 0.312 e. The molecule has 1 heterocycles. The fraction of sp³-hybridized carbons (Fsp3) is 0.808. The summed E-state index contributed by atoms with van der Waals surface area (Å²) >= 11 is 0. The lowest BCUT2D eigenvalue weighted by Crippen LogP contribution is -2.64. The van der Waals surface area contributed by atoms with Crippen molar-refractivity contribution in [1.82, 2.24) is 0 Å². The van der Waals surface area contributed by atoms with E-state index in [9.17, 15) is 9.90 Å². The molecule has 6 nitrogen and oxygen atoms in total. The zero-order chi connectivity index (χ0) is 26.4. The number of carbonyl (C=O) groups is 1. The molecule has 1 aromatic rings. The monoisotopic (exact) mass is 512 g/mol. The van der Waals surface area contributed by atoms with Crippen LogP contribution in [0, 0.1) is 5.92 Å². The van der Waals surface area contributed by atoms with Gasteiger partial charge >= 0.3 is 5.97 Å². The van der Waals surface area contributed by atoms with Crippen molar-refractivity contribution in [3.8, 4) is 0 Å². The van der Waals surface area contributed by atoms with Crippen LogP contribution in [0.4, 0.5) is 0 Å². The van der Waals surface area contributed by atoms with Gasteiger partial charge in [-0.2, -0.15) is 0 Å². The lowest BCUT2D eigenvalue weighted by atomic mass is 9.65. The van der Waals surface area contributed by atoms with Crippen LogP contribution >= 0.6 is 0 Å². The standard InChI is InChI=1S/C26H48O6Si2/c1-13-30-22(27)20-16-25(8,28)21(31-33(9,10)23(2,3)4)17-26(20,19-14-15-29-18-19)32-34(11,12)24(5,6)7/h14-15,18,20-21,28H,13,16-17H2,1-12H3/t20-,21-,25+,26+/m1/s1. The van der Waals surface area contributed by atoms with Crippen molar-refractivity contribution >= 4 is 22.6 Å². The van der Waals surface area contributed by atoms with E-state index in [1.54, 1.807) is 26.4 Å². The lowest BCUT2D eigenvalue weighted by Gasteiger charge is -2.56. The van der Waals surface area contributed by atoms with Gasteiger partial charge in [-0.3, -0.25) is 4.79 Å². The molecule has 196 valence electrons. The zero-order valence-corrected chi connectivity index (χ0v) is 25.5. The number of aliphatic hydroxyl groups is 1. The van der Waals surface area contributed by atoms with E-state index in [1.807, 2.05) is 6.07 Å². The van der Waals surface area contributed by atoms with E-state index in [1.165, 1.54) is 0 Å². The molecule has 1 aromatic heterocycles. The first-order valence-corrected chi connectivity index (χ1v) is 18.3. The molecule has 4 atom stereocenters. The summed E-state index contributed by atoms with van der Waals surface area (Å²) in [5, 5.41) is 11.5. The second-order valence-corrected chi connectivity index (χ2v) is 22.7. The number of hydrogen-bond acceptors (Lipinski definition) is 6. The number of esters is 1. The van der Waals surface area contributed by atoms with Crippen molar-refractivity contribution in [3.63, 3.8) is 0 Å². The molecule has 0 aromatic carbocycles. The molecule has 0 amide bonds. The van der Waals surface area contributed by atoms with Gasteiger partial charge < -0.3 is 23.1 Å². The number of hydrogen-bond donors (Lipinski definition) is 1. The van der Waals surface area contributed by atoms with Crippen LogP contribution in [0.1, 0.15) is 73.8 Å². The predicted octanol–water partition coefficient (Wildman–Crippen LogP) is 6.61. The van der Waals surface area contributed by atoms with Crippen LogP contribution in [-0.2, 0) is 24.0 Å². The van der Waals surface area contributed by atoms with Crippen LogP contribution in [0.2, 0.25) is 36.3 Å². The maximum Gasteiger partial charge on any atom is 0.312 e. The van der Waals surface area contributed by atoms with E-state index in [0.717, 1.165) is 5.56 Å². The quantitative estimate of drug-likeness (QED) is 0.327. The Labute approximate surface area is 209 Å². The Bertz CT molecular complexity index is 832. The van der Waals surface area contributed by atoms with Crippen molar-refractivity contribution in [2.75, 3.05) is 6.61 Å². The lowest BCUT2D eigenvalue weighted by molar-refractivity contribution is -0.192. The normalized spacial score (nSPS) is 29.2. The maximum absolute atomic E-state index is 13.4. The Kier molecular flexibility index (Phi) is 8.19. The first-order chi connectivity index (χ1) is 15.2. The minimum Gasteiger partial charge on any atom is -0.472 e. The minimum absolute atomic E-state index is 0.0281. The van der Waals surface area contributed by atoms with Crippen molar-refractivity contribution in [2.45, 2.75) is 122 Å². The van der Waals surface area contributed by atoms with Crippen LogP contribution < -0.4 is 0 Å². The minimum atomic E-state index is -2.38. The summed E-state index contributed by atoms with van der Waals surface area (Å²) in [6.45, 7) is 25.7. The molecule has 2 rings (SSSR count). The van der Waals surface area contributed by atoms with Crippen molar-refractivity contribution in [1.29, 1.82) is 0 Å². The van der Waals surface area contributed by atoms with Crippen molar-refractivity contribution < 1.29 is 27.9 Å². The van der Waals surface area contributed by atoms with E-state index in [2.05, 4.69) is 67.7 Å². The fourth-order valence-corrected chi connectivity index (χ4v) is 7.13. The van der Waals surface area contributed by atoms with Gasteiger partial charge in [0, 0.05) is 12.0 Å². The first-order valence-electron chi connectivity index (χ1n) is 12.5. The molecule has 8 heteroatoms. The molecule has 0 bridgehead atoms. The highest BCUT2D eigenvalue weighted by atomic mass is 28.4. The highest BCUT2D eigenvalue weighted by Gasteiger charge is 2.61. The van der Waals surface area contributed by atoms with E-state index in [0.29, 0.717) is 6.42 Å². The zero-order valence-electron chi connectivity index (χ0n) is 23.5. The molecule has 1 saturated carbocycles. The van der Waals surface area contributed by atoms with Gasteiger partial charge in [0.2, 0.25) is 0 Å². The molecule has 1 aliphatic rings. The second-order valence-electron chi connectivity index (χ2n) is 13.2. The summed E-state index contributed by atoms with van der Waals surface area (Å²) in [4.78, 5) is 13.4. The SMILES string of the molecule is CCOC(=O)[C@H]1C[C@](C)(O)[C@H](O[Si](C)(C)C(C)(C)C)C[C@]1(O[Si](C)(C)C(C)(C)C)c1ccoc1. The average molecular weight is 513 g/mol. The number of rotatable bonds is 7. The number of ether oxygens (including phenoxy) is 1. The van der Waals surface area contributed by atoms with Crippen molar-refractivity contribution in [3.05, 3.63) is 24.2 Å². The largest absolute Gasteiger partial charge is 0.472 e. The van der Waals surface area contributed by atoms with E-state index in [-0.39, 0.29) is 29.1 Å². The fourth-order valence-electron chi connectivity index (χ4n) is 4.17. The molecule has 34 heavy (non-hydrogen) atoms. The highest BCUT2D eigenvalue weighted by molar-refractivity contribution is 6.74. The van der Waals surface area contributed by atoms with Gasteiger partial charge in [0.05, 0.1) is 36.8 Å². The molecule has 1 fully saturated rings. The maximum atomic E-state index is 13.4. The number of furan rings is 1. The van der Waals surface area contributed by atoms with Gasteiger partial charge in [-0.1, -0.05) is 41.5 Å². The Morgan fingerprint density at radius 3 is 2.09 bits per heavy atom. The van der Waals surface area contributed by atoms with E-state index >= 15 is 0 Å². The third kappa shape index (κ3) is 5.72. The molecule has 1 N–H and O–H groups in total. The van der Waals surface area contributed by atoms with Gasteiger partial charge in [-0.25, -0.2) is 0 Å². The Morgan fingerprint density at radius 1 is 1.09 bits per heavy atom. The molecular weight excluding hydrogens is 464 g/mol. The van der Waals surface area contributed by atoms with Crippen LogP contribution in [0.15, 0.2) is 23.0 Å². The van der Waals surface area contributed by atoms with E-state index in [4.69, 9.17) is 18.0 Å². The summed E-state index contributed by atoms with van der Waals surface area (Å²) in [5.41, 5.74) is -1.43. The Hall–Kier alpha value is -0.936. The third-order valence-corrected chi connectivity index (χ3v) is 17.4. The summed E-state index contributed by atoms with van der Waals surface area (Å²) in [5.74, 6) is -1.04. The highest BCUT2D eigenvalue weighted by Crippen LogP contribution is 2.54. The van der Waals surface area contributed by atoms with Crippen LogP contribution in [0.3, 0.4) is 0 Å². The molecule has 0 saturated heterocycles. The number of carbonyl (C=O) groups excluding carboxylic acids is 1. The van der Waals surface area contributed by atoms with Gasteiger partial charge in [0.1, 0.15) is 5.60 Å². The first kappa shape index (κ1) is 29.3. The van der Waals surface area contributed by atoms with E-state index < -0.39 is 39.9 Å². The summed E-state index contributed by atoms with van der Waals surface area (Å²) < 4.78 is 25.1. The van der Waals surface area contributed by atoms with Crippen LogP contribution in [0.25, 0.3) is 0 Å². The molecule has 0 radical (unpaired) electrons. The summed E-state index contributed by atoms with van der Waals surface area (Å²) in [6, 6.07) is 1.88. The summed E-state index contributed by atoms with van der Waals surface area (Å²) in [6.07, 6.45) is 3.32. The van der Waals surface area contributed by atoms with Crippen molar-refractivity contribution in [2.24, 2.45) is 5.92 Å². The average Bonchev–Trinajstić information content (AvgIpc) is 3.17. The van der Waals surface area contributed by atoms with Gasteiger partial charge in [-0.15, -0.1) is 0 Å². The van der Waals surface area contributed by atoms with Crippen LogP contribution in [0.5, 0.6) is 0 Å². The molecule has 0 aliphatic heterocycles. The molecule has 1 aliphatic carbocycles. The Morgan fingerprint density at radius 2 is 1.65 bits per heavy atom. The second kappa shape index (κ2) is 9.50. The third-order valence-electron chi connectivity index (χ3n) is 8.43. The van der Waals surface area contributed by atoms with Gasteiger partial charge in [0.25, 0.3) is 0 Å². The topological polar surface area (TPSA) is 78.1 Å². The molecule has 0 unspecified atom stereocenters. The molecule has 0 spiro atoms. The van der Waals surface area contributed by atoms with Gasteiger partial charge in [-0.05, 0) is 62.6 Å². The molecular formula is C26H48O6Si2. The Balaban J connectivity index is 2.71. The summed E-state index contributed by atoms with van der Waals surface area (Å²) in [7, 11) is -4.61. The predicted molar refractivity (Wildman–Crippen MR) is 141 cm³/mol. The van der Waals surface area contributed by atoms with Crippen LogP contribution in [-0.4, -0.2) is 46.0 Å².